The van der Waals surface area contributed by atoms with E-state index in [9.17, 15) is 19.2 Å². The van der Waals surface area contributed by atoms with E-state index in [0.29, 0.717) is 78.8 Å². The van der Waals surface area contributed by atoms with Crippen molar-refractivity contribution in [2.45, 2.75) is 63.1 Å². The standard InChI is InChI=1S/C44H46FN13O4S/c45-32-20-29(21-35-31(32)24-58(53-35)41(43(62)52-44-46-11-19-63-44)40-36-2-1-12-57(36)26-49-40)28-3-7-37(48-22-28)55-15-17-56(18-16-55)39(60)25-54-13-9-27(10-14-54)33-5-4-30(23-47-33)50-34-6-8-38(59)51-42(34)61/h3-5,7,11,19-24,26-27,34,41,50H,1-2,6,8-10,12-18,25H2,(H,46,52,62)(H,51,59,61). The summed E-state index contributed by atoms with van der Waals surface area (Å²) in [5, 5.41) is 15.7. The quantitative estimate of drug-likeness (QED) is 0.158. The van der Waals surface area contributed by atoms with Crippen LogP contribution in [0.15, 0.2) is 72.9 Å². The number of aryl methyl sites for hydroxylation is 1. The summed E-state index contributed by atoms with van der Waals surface area (Å²) in [6, 6.07) is 9.69. The van der Waals surface area contributed by atoms with Gasteiger partial charge in [0.2, 0.25) is 17.7 Å². The van der Waals surface area contributed by atoms with Gasteiger partial charge in [0.15, 0.2) is 11.2 Å². The average molecular weight is 872 g/mol. The van der Waals surface area contributed by atoms with Gasteiger partial charge in [-0.3, -0.25) is 44.4 Å². The van der Waals surface area contributed by atoms with E-state index in [1.807, 2.05) is 35.2 Å². The summed E-state index contributed by atoms with van der Waals surface area (Å²) < 4.78 is 19.4. The van der Waals surface area contributed by atoms with E-state index < -0.39 is 17.9 Å². The minimum atomic E-state index is -0.915. The third kappa shape index (κ3) is 8.49. The van der Waals surface area contributed by atoms with Crippen LogP contribution in [0.5, 0.6) is 0 Å². The molecule has 4 amide bonds. The molecule has 3 saturated heterocycles. The van der Waals surface area contributed by atoms with Gasteiger partial charge < -0.3 is 19.7 Å². The molecule has 0 bridgehead atoms. The number of piperidine rings is 2. The molecular weight excluding hydrogens is 826 g/mol. The Hall–Kier alpha value is -6.60. The number of anilines is 3. The van der Waals surface area contributed by atoms with Gasteiger partial charge in [0.1, 0.15) is 17.7 Å². The second-order valence-corrected chi connectivity index (χ2v) is 17.4. The summed E-state index contributed by atoms with van der Waals surface area (Å²) >= 11 is 1.31. The van der Waals surface area contributed by atoms with Crippen molar-refractivity contribution in [1.29, 1.82) is 0 Å². The zero-order valence-corrected chi connectivity index (χ0v) is 35.3. The summed E-state index contributed by atoms with van der Waals surface area (Å²) in [4.78, 5) is 75.3. The number of benzene rings is 1. The molecule has 9 heterocycles. The van der Waals surface area contributed by atoms with Gasteiger partial charge in [0.25, 0.3) is 5.91 Å². The van der Waals surface area contributed by atoms with Crippen LogP contribution in [-0.2, 0) is 32.1 Å². The molecule has 324 valence electrons. The molecule has 4 aliphatic rings. The second kappa shape index (κ2) is 17.3. The first-order chi connectivity index (χ1) is 30.7. The summed E-state index contributed by atoms with van der Waals surface area (Å²) in [6.45, 7) is 5.32. The van der Waals surface area contributed by atoms with Crippen molar-refractivity contribution >= 4 is 62.5 Å². The molecule has 10 rings (SSSR count). The molecule has 3 fully saturated rings. The van der Waals surface area contributed by atoms with Crippen LogP contribution >= 0.6 is 11.3 Å². The van der Waals surface area contributed by atoms with E-state index in [2.05, 4.69) is 45.3 Å². The van der Waals surface area contributed by atoms with Crippen molar-refractivity contribution in [3.05, 3.63) is 95.8 Å². The van der Waals surface area contributed by atoms with Crippen LogP contribution in [0.2, 0.25) is 0 Å². The molecule has 2 unspecified atom stereocenters. The monoisotopic (exact) mass is 871 g/mol. The van der Waals surface area contributed by atoms with Crippen molar-refractivity contribution in [2.75, 3.05) is 61.3 Å². The number of thiazole rings is 1. The van der Waals surface area contributed by atoms with Crippen LogP contribution in [0.4, 0.5) is 21.0 Å². The van der Waals surface area contributed by atoms with Crippen molar-refractivity contribution in [3.63, 3.8) is 0 Å². The van der Waals surface area contributed by atoms with E-state index >= 15 is 4.39 Å². The smallest absolute Gasteiger partial charge is 0.257 e. The molecule has 4 aliphatic heterocycles. The Bertz CT molecular complexity index is 2650. The summed E-state index contributed by atoms with van der Waals surface area (Å²) in [5.41, 5.74) is 5.07. The Morgan fingerprint density at radius 3 is 2.51 bits per heavy atom. The Morgan fingerprint density at radius 2 is 1.76 bits per heavy atom. The number of aromatic nitrogens is 7. The predicted molar refractivity (Wildman–Crippen MR) is 234 cm³/mol. The fourth-order valence-corrected chi connectivity index (χ4v) is 9.66. The number of imidazole rings is 1. The van der Waals surface area contributed by atoms with Crippen LogP contribution in [0.25, 0.3) is 22.0 Å². The van der Waals surface area contributed by atoms with Gasteiger partial charge in [-0.2, -0.15) is 5.10 Å². The molecule has 0 saturated carbocycles. The number of imide groups is 1. The number of piperazine rings is 1. The molecule has 0 radical (unpaired) electrons. The number of nitrogens with one attached hydrogen (secondary N) is 3. The van der Waals surface area contributed by atoms with Crippen LogP contribution < -0.4 is 20.9 Å². The molecule has 17 nitrogen and oxygen atoms in total. The number of pyridine rings is 2. The predicted octanol–water partition coefficient (Wildman–Crippen LogP) is 4.21. The van der Waals surface area contributed by atoms with Crippen molar-refractivity contribution in [1.82, 2.24) is 49.4 Å². The highest BCUT2D eigenvalue weighted by atomic mass is 32.1. The second-order valence-electron chi connectivity index (χ2n) is 16.5. The maximum absolute atomic E-state index is 15.8. The normalized spacial score (nSPS) is 19.0. The molecule has 0 aliphatic carbocycles. The van der Waals surface area contributed by atoms with E-state index in [1.165, 1.54) is 22.1 Å². The highest BCUT2D eigenvalue weighted by Gasteiger charge is 2.33. The van der Waals surface area contributed by atoms with E-state index in [0.717, 1.165) is 73.8 Å². The number of fused-ring (bicyclic) bond motifs is 2. The van der Waals surface area contributed by atoms with Crippen LogP contribution in [0.1, 0.15) is 61.1 Å². The molecule has 3 N–H and O–H groups in total. The van der Waals surface area contributed by atoms with Crippen LogP contribution in [0.3, 0.4) is 0 Å². The molecule has 5 aromatic heterocycles. The lowest BCUT2D eigenvalue weighted by Gasteiger charge is -2.37. The largest absolute Gasteiger partial charge is 0.372 e. The van der Waals surface area contributed by atoms with Crippen LogP contribution in [-0.4, -0.2) is 120 Å². The maximum Gasteiger partial charge on any atom is 0.257 e. The number of hydrogen-bond acceptors (Lipinski definition) is 13. The van der Waals surface area contributed by atoms with Crippen molar-refractivity contribution in [2.24, 2.45) is 0 Å². The fourth-order valence-electron chi connectivity index (χ4n) is 9.13. The molecular formula is C44H46FN13O4S. The molecule has 19 heteroatoms. The minimum Gasteiger partial charge on any atom is -0.372 e. The third-order valence-corrected chi connectivity index (χ3v) is 13.3. The van der Waals surface area contributed by atoms with Crippen molar-refractivity contribution < 1.29 is 23.6 Å². The number of halogens is 1. The van der Waals surface area contributed by atoms with Gasteiger partial charge in [-0.25, -0.2) is 19.3 Å². The zero-order chi connectivity index (χ0) is 43.0. The Balaban J connectivity index is 0.729. The lowest BCUT2D eigenvalue weighted by atomic mass is 9.93. The Kier molecular flexibility index (Phi) is 11.1. The van der Waals surface area contributed by atoms with Crippen LogP contribution in [0, 0.1) is 5.82 Å². The SMILES string of the molecule is O=C1CCC(Nc2ccc(C3CCN(CC(=O)N4CCN(c5ccc(-c6cc(F)c7cn(C(C(=O)Nc8nccs8)c8ncn9c8CCC9)nc7c6)cn5)CC4)CC3)nc2)C(=O)N1. The third-order valence-electron chi connectivity index (χ3n) is 12.6. The summed E-state index contributed by atoms with van der Waals surface area (Å²) in [5.74, 6) is -0.153. The number of nitrogens with zero attached hydrogens (tertiary/aromatic N) is 10. The highest BCUT2D eigenvalue weighted by molar-refractivity contribution is 7.13. The molecule has 2 atom stereocenters. The van der Waals surface area contributed by atoms with E-state index in [1.54, 1.807) is 36.5 Å². The van der Waals surface area contributed by atoms with Gasteiger partial charge in [-0.15, -0.1) is 11.3 Å². The van der Waals surface area contributed by atoms with Gasteiger partial charge in [0.05, 0.1) is 41.4 Å². The molecule has 0 spiro atoms. The molecule has 63 heavy (non-hydrogen) atoms. The zero-order valence-electron chi connectivity index (χ0n) is 34.5. The fraction of sp³-hybridized carbons (Fsp3) is 0.386. The number of likely N-dealkylation sites (tertiary alicyclic amines) is 1. The highest BCUT2D eigenvalue weighted by Crippen LogP contribution is 2.33. The Morgan fingerprint density at radius 1 is 0.905 bits per heavy atom. The lowest BCUT2D eigenvalue weighted by Crippen LogP contribution is -2.52. The topological polar surface area (TPSA) is 188 Å². The first-order valence-corrected chi connectivity index (χ1v) is 22.3. The number of carbonyl (C=O) groups excluding carboxylic acids is 4. The number of amides is 4. The molecule has 6 aromatic rings. The van der Waals surface area contributed by atoms with Gasteiger partial charge in [-0.05, 0) is 87.2 Å². The van der Waals surface area contributed by atoms with Crippen molar-refractivity contribution in [3.8, 4) is 11.1 Å². The minimum absolute atomic E-state index is 0.124. The number of hydrogen-bond donors (Lipinski definition) is 3. The van der Waals surface area contributed by atoms with Gasteiger partial charge >= 0.3 is 0 Å². The van der Waals surface area contributed by atoms with Gasteiger partial charge in [0, 0.05) is 86.0 Å². The number of rotatable bonds is 11. The summed E-state index contributed by atoms with van der Waals surface area (Å²) in [6.07, 6.45) is 12.8. The maximum atomic E-state index is 15.8. The lowest BCUT2D eigenvalue weighted by molar-refractivity contribution is -0.134. The average Bonchev–Trinajstić information content (AvgIpc) is 4.13. The summed E-state index contributed by atoms with van der Waals surface area (Å²) in [7, 11) is 0. The first kappa shape index (κ1) is 40.5. The first-order valence-electron chi connectivity index (χ1n) is 21.4. The van der Waals surface area contributed by atoms with E-state index in [4.69, 9.17) is 10.1 Å². The Labute approximate surface area is 365 Å². The molecule has 1 aromatic carbocycles. The number of carbonyl (C=O) groups is 4. The van der Waals surface area contributed by atoms with Gasteiger partial charge in [-0.1, -0.05) is 0 Å². The van der Waals surface area contributed by atoms with E-state index in [-0.39, 0.29) is 23.6 Å².